The van der Waals surface area contributed by atoms with Crippen molar-refractivity contribution in [3.05, 3.63) is 0 Å². The van der Waals surface area contributed by atoms with Crippen molar-refractivity contribution in [3.63, 3.8) is 0 Å². The summed E-state index contributed by atoms with van der Waals surface area (Å²) < 4.78 is 0. The van der Waals surface area contributed by atoms with Gasteiger partial charge in [0.25, 0.3) is 0 Å². The van der Waals surface area contributed by atoms with Crippen LogP contribution >= 0.6 is 0 Å². The van der Waals surface area contributed by atoms with Gasteiger partial charge < -0.3 is 5.32 Å². The predicted octanol–water partition coefficient (Wildman–Crippen LogP) is 3.52. The lowest BCUT2D eigenvalue weighted by molar-refractivity contribution is 0.183. The zero-order chi connectivity index (χ0) is 13.5. The summed E-state index contributed by atoms with van der Waals surface area (Å²) in [5.41, 5.74) is 0. The van der Waals surface area contributed by atoms with E-state index in [1.165, 1.54) is 45.3 Å². The maximum atomic E-state index is 3.75. The summed E-state index contributed by atoms with van der Waals surface area (Å²) in [5, 5.41) is 3.75. The summed E-state index contributed by atoms with van der Waals surface area (Å²) in [4.78, 5) is 2.72. The highest BCUT2D eigenvalue weighted by atomic mass is 15.2. The molecule has 2 nitrogen and oxygen atoms in total. The van der Waals surface area contributed by atoms with Crippen molar-refractivity contribution in [2.75, 3.05) is 19.6 Å². The molecule has 0 radical (unpaired) electrons. The Hall–Kier alpha value is -0.0800. The van der Waals surface area contributed by atoms with Gasteiger partial charge in [-0.15, -0.1) is 0 Å². The third-order valence-electron chi connectivity index (χ3n) is 4.58. The number of rotatable bonds is 6. The minimum atomic E-state index is 0.694. The molecule has 1 heterocycles. The van der Waals surface area contributed by atoms with Crippen molar-refractivity contribution in [2.24, 2.45) is 11.8 Å². The largest absolute Gasteiger partial charge is 0.312 e. The standard InChI is InChI=1S/C16H34N2/c1-6-14(4)16-12-18(11-7-8-13(2)3)15(5)9-10-17-16/h13-17H,6-12H2,1-5H3. The molecular weight excluding hydrogens is 220 g/mol. The first-order valence-corrected chi connectivity index (χ1v) is 8.02. The van der Waals surface area contributed by atoms with Crippen LogP contribution in [-0.4, -0.2) is 36.6 Å². The molecule has 0 saturated carbocycles. The smallest absolute Gasteiger partial charge is 0.0220 e. The molecule has 0 aromatic heterocycles. The van der Waals surface area contributed by atoms with Crippen LogP contribution < -0.4 is 5.32 Å². The van der Waals surface area contributed by atoms with Gasteiger partial charge in [-0.3, -0.25) is 4.90 Å². The Morgan fingerprint density at radius 3 is 2.61 bits per heavy atom. The predicted molar refractivity (Wildman–Crippen MR) is 81.0 cm³/mol. The summed E-state index contributed by atoms with van der Waals surface area (Å²) in [6, 6.07) is 1.44. The first-order valence-electron chi connectivity index (χ1n) is 8.02. The summed E-state index contributed by atoms with van der Waals surface area (Å²) in [5.74, 6) is 1.64. The summed E-state index contributed by atoms with van der Waals surface area (Å²) in [6.45, 7) is 15.5. The molecule has 108 valence electrons. The van der Waals surface area contributed by atoms with Crippen molar-refractivity contribution in [1.82, 2.24) is 10.2 Å². The number of nitrogens with zero attached hydrogens (tertiary/aromatic N) is 1. The van der Waals surface area contributed by atoms with Crippen molar-refractivity contribution in [2.45, 2.75) is 72.4 Å². The monoisotopic (exact) mass is 254 g/mol. The molecule has 1 rings (SSSR count). The molecule has 0 spiro atoms. The van der Waals surface area contributed by atoms with Crippen LogP contribution in [0.4, 0.5) is 0 Å². The lowest BCUT2D eigenvalue weighted by Crippen LogP contribution is -2.43. The average Bonchev–Trinajstić information content (AvgIpc) is 2.51. The molecule has 3 unspecified atom stereocenters. The van der Waals surface area contributed by atoms with Gasteiger partial charge in [0.15, 0.2) is 0 Å². The van der Waals surface area contributed by atoms with Gasteiger partial charge in [-0.1, -0.05) is 34.1 Å². The van der Waals surface area contributed by atoms with Gasteiger partial charge in [0.2, 0.25) is 0 Å². The van der Waals surface area contributed by atoms with Crippen molar-refractivity contribution in [3.8, 4) is 0 Å². The number of nitrogens with one attached hydrogen (secondary N) is 1. The first kappa shape index (κ1) is 16.0. The van der Waals surface area contributed by atoms with Gasteiger partial charge in [0.05, 0.1) is 0 Å². The quantitative estimate of drug-likeness (QED) is 0.780. The minimum absolute atomic E-state index is 0.694. The van der Waals surface area contributed by atoms with E-state index in [1.54, 1.807) is 0 Å². The van der Waals surface area contributed by atoms with Crippen molar-refractivity contribution >= 4 is 0 Å². The zero-order valence-corrected chi connectivity index (χ0v) is 13.2. The molecule has 3 atom stereocenters. The molecule has 18 heavy (non-hydrogen) atoms. The molecule has 0 amide bonds. The van der Waals surface area contributed by atoms with Crippen molar-refractivity contribution < 1.29 is 0 Å². The van der Waals surface area contributed by atoms with Crippen LogP contribution in [0.1, 0.15) is 60.3 Å². The third kappa shape index (κ3) is 5.27. The Kier molecular flexibility index (Phi) is 7.25. The summed E-state index contributed by atoms with van der Waals surface area (Å²) >= 11 is 0. The van der Waals surface area contributed by atoms with E-state index < -0.39 is 0 Å². The lowest BCUT2D eigenvalue weighted by atomic mass is 9.98. The van der Waals surface area contributed by atoms with E-state index in [9.17, 15) is 0 Å². The molecule has 0 aromatic rings. The van der Waals surface area contributed by atoms with Crippen LogP contribution in [-0.2, 0) is 0 Å². The second-order valence-electron chi connectivity index (χ2n) is 6.61. The maximum Gasteiger partial charge on any atom is 0.0220 e. The highest BCUT2D eigenvalue weighted by molar-refractivity contribution is 4.83. The number of hydrogen-bond acceptors (Lipinski definition) is 2. The molecular formula is C16H34N2. The lowest BCUT2D eigenvalue weighted by Gasteiger charge is -2.31. The average molecular weight is 254 g/mol. The van der Waals surface area contributed by atoms with E-state index >= 15 is 0 Å². The summed E-state index contributed by atoms with van der Waals surface area (Å²) in [6.07, 6.45) is 5.31. The molecule has 0 aliphatic carbocycles. The Morgan fingerprint density at radius 1 is 1.28 bits per heavy atom. The normalized spacial score (nSPS) is 28.3. The fourth-order valence-electron chi connectivity index (χ4n) is 2.84. The van der Waals surface area contributed by atoms with Crippen LogP contribution in [0.2, 0.25) is 0 Å². The van der Waals surface area contributed by atoms with Crippen LogP contribution in [0.5, 0.6) is 0 Å². The Labute approximate surface area is 115 Å². The Morgan fingerprint density at radius 2 is 2.00 bits per heavy atom. The van der Waals surface area contributed by atoms with E-state index in [-0.39, 0.29) is 0 Å². The molecule has 1 fully saturated rings. The molecule has 1 saturated heterocycles. The zero-order valence-electron chi connectivity index (χ0n) is 13.2. The fourth-order valence-corrected chi connectivity index (χ4v) is 2.84. The van der Waals surface area contributed by atoms with Crippen LogP contribution in [0.15, 0.2) is 0 Å². The minimum Gasteiger partial charge on any atom is -0.312 e. The highest BCUT2D eigenvalue weighted by Crippen LogP contribution is 2.17. The second-order valence-corrected chi connectivity index (χ2v) is 6.61. The Balaban J connectivity index is 2.45. The van der Waals surface area contributed by atoms with Crippen LogP contribution in [0, 0.1) is 11.8 Å². The van der Waals surface area contributed by atoms with Crippen LogP contribution in [0.3, 0.4) is 0 Å². The molecule has 1 N–H and O–H groups in total. The first-order chi connectivity index (χ1) is 8.54. The summed E-state index contributed by atoms with van der Waals surface area (Å²) in [7, 11) is 0. The highest BCUT2D eigenvalue weighted by Gasteiger charge is 2.25. The van der Waals surface area contributed by atoms with E-state index in [0.717, 1.165) is 17.9 Å². The van der Waals surface area contributed by atoms with Gasteiger partial charge in [-0.25, -0.2) is 0 Å². The second kappa shape index (κ2) is 8.16. The van der Waals surface area contributed by atoms with E-state index in [4.69, 9.17) is 0 Å². The third-order valence-corrected chi connectivity index (χ3v) is 4.58. The SMILES string of the molecule is CCC(C)C1CN(CCCC(C)C)C(C)CCN1. The molecule has 2 heteroatoms. The maximum absolute atomic E-state index is 3.75. The van der Waals surface area contributed by atoms with Crippen molar-refractivity contribution in [1.29, 1.82) is 0 Å². The van der Waals surface area contributed by atoms with E-state index in [1.807, 2.05) is 0 Å². The van der Waals surface area contributed by atoms with Gasteiger partial charge in [0.1, 0.15) is 0 Å². The van der Waals surface area contributed by atoms with Gasteiger partial charge in [-0.05, 0) is 51.1 Å². The van der Waals surface area contributed by atoms with Gasteiger partial charge in [-0.2, -0.15) is 0 Å². The molecule has 1 aliphatic heterocycles. The molecule has 0 bridgehead atoms. The molecule has 0 aromatic carbocycles. The van der Waals surface area contributed by atoms with E-state index in [0.29, 0.717) is 6.04 Å². The van der Waals surface area contributed by atoms with E-state index in [2.05, 4.69) is 44.8 Å². The molecule has 1 aliphatic rings. The van der Waals surface area contributed by atoms with Gasteiger partial charge in [0, 0.05) is 18.6 Å². The topological polar surface area (TPSA) is 15.3 Å². The fraction of sp³-hybridized carbons (Fsp3) is 1.00. The number of hydrogen-bond donors (Lipinski definition) is 1. The Bertz CT molecular complexity index is 215. The van der Waals surface area contributed by atoms with Gasteiger partial charge >= 0.3 is 0 Å². The van der Waals surface area contributed by atoms with Crippen LogP contribution in [0.25, 0.3) is 0 Å².